The van der Waals surface area contributed by atoms with Crippen LogP contribution in [0.4, 0.5) is 5.82 Å². The molecule has 1 amide bonds. The number of hydrogen-bond donors (Lipinski definition) is 0. The van der Waals surface area contributed by atoms with Crippen molar-refractivity contribution in [2.75, 3.05) is 38.2 Å². The van der Waals surface area contributed by atoms with Gasteiger partial charge < -0.3 is 14.5 Å². The van der Waals surface area contributed by atoms with Crippen LogP contribution in [-0.2, 0) is 11.2 Å². The standard InChI is InChI=1S/C20H25N3O2/c1-25-18-9-6-17(7-10-18)8-11-20(24)23-14-4-13-22(15-16-23)19-5-2-3-12-21-19/h2-3,5-7,9-10,12H,4,8,11,13-16H2,1H3. The molecule has 0 atom stereocenters. The Morgan fingerprint density at radius 1 is 1.08 bits per heavy atom. The lowest BCUT2D eigenvalue weighted by atomic mass is 10.1. The molecule has 0 radical (unpaired) electrons. The number of nitrogens with zero attached hydrogens (tertiary/aromatic N) is 3. The van der Waals surface area contributed by atoms with Gasteiger partial charge in [-0.1, -0.05) is 18.2 Å². The Morgan fingerprint density at radius 3 is 2.64 bits per heavy atom. The van der Waals surface area contributed by atoms with E-state index in [4.69, 9.17) is 4.74 Å². The summed E-state index contributed by atoms with van der Waals surface area (Å²) in [7, 11) is 1.66. The quantitative estimate of drug-likeness (QED) is 0.840. The van der Waals surface area contributed by atoms with Crippen LogP contribution < -0.4 is 9.64 Å². The zero-order chi connectivity index (χ0) is 17.5. The molecule has 132 valence electrons. The lowest BCUT2D eigenvalue weighted by Crippen LogP contribution is -2.35. The van der Waals surface area contributed by atoms with Crippen LogP contribution >= 0.6 is 0 Å². The van der Waals surface area contributed by atoms with Crippen LogP contribution in [0.25, 0.3) is 0 Å². The van der Waals surface area contributed by atoms with Crippen LogP contribution in [0.5, 0.6) is 5.75 Å². The molecule has 25 heavy (non-hydrogen) atoms. The molecular formula is C20H25N3O2. The molecule has 1 saturated heterocycles. The molecule has 1 aliphatic rings. The number of aromatic nitrogens is 1. The third kappa shape index (κ3) is 4.72. The highest BCUT2D eigenvalue weighted by molar-refractivity contribution is 5.76. The molecule has 0 spiro atoms. The number of rotatable bonds is 5. The van der Waals surface area contributed by atoms with Crippen LogP contribution in [-0.4, -0.2) is 49.1 Å². The number of hydrogen-bond acceptors (Lipinski definition) is 4. The van der Waals surface area contributed by atoms with Crippen molar-refractivity contribution in [3.63, 3.8) is 0 Å². The monoisotopic (exact) mass is 339 g/mol. The number of pyridine rings is 1. The van der Waals surface area contributed by atoms with E-state index >= 15 is 0 Å². The van der Waals surface area contributed by atoms with Gasteiger partial charge in [0, 0.05) is 38.8 Å². The van der Waals surface area contributed by atoms with Crippen LogP contribution in [0.15, 0.2) is 48.7 Å². The summed E-state index contributed by atoms with van der Waals surface area (Å²) in [6.07, 6.45) is 4.11. The molecule has 1 aromatic heterocycles. The lowest BCUT2D eigenvalue weighted by Gasteiger charge is -2.22. The molecule has 3 rings (SSSR count). The first-order chi connectivity index (χ1) is 12.3. The van der Waals surface area contributed by atoms with Gasteiger partial charge >= 0.3 is 0 Å². The Hall–Kier alpha value is -2.56. The summed E-state index contributed by atoms with van der Waals surface area (Å²) in [6, 6.07) is 13.9. The Labute approximate surface area is 149 Å². The van der Waals surface area contributed by atoms with Crippen molar-refractivity contribution >= 4 is 11.7 Å². The van der Waals surface area contributed by atoms with Gasteiger partial charge in [-0.2, -0.15) is 0 Å². The van der Waals surface area contributed by atoms with Gasteiger partial charge in [-0.3, -0.25) is 4.79 Å². The third-order valence-electron chi connectivity index (χ3n) is 4.61. The van der Waals surface area contributed by atoms with E-state index in [1.54, 1.807) is 7.11 Å². The second-order valence-electron chi connectivity index (χ2n) is 6.26. The van der Waals surface area contributed by atoms with E-state index in [2.05, 4.69) is 9.88 Å². The number of benzene rings is 1. The summed E-state index contributed by atoms with van der Waals surface area (Å²) in [5.74, 6) is 2.07. The molecule has 5 heteroatoms. The maximum atomic E-state index is 12.6. The fraction of sp³-hybridized carbons (Fsp3) is 0.400. The van der Waals surface area contributed by atoms with E-state index in [1.165, 1.54) is 5.56 Å². The van der Waals surface area contributed by atoms with Crippen molar-refractivity contribution in [3.05, 3.63) is 54.2 Å². The van der Waals surface area contributed by atoms with E-state index < -0.39 is 0 Å². The van der Waals surface area contributed by atoms with Crippen molar-refractivity contribution < 1.29 is 9.53 Å². The van der Waals surface area contributed by atoms with Gasteiger partial charge in [0.2, 0.25) is 5.91 Å². The fourth-order valence-electron chi connectivity index (χ4n) is 3.14. The maximum absolute atomic E-state index is 12.6. The average molecular weight is 339 g/mol. The molecule has 0 unspecified atom stereocenters. The average Bonchev–Trinajstić information content (AvgIpc) is 2.93. The van der Waals surface area contributed by atoms with E-state index in [0.717, 1.165) is 50.6 Å². The largest absolute Gasteiger partial charge is 0.497 e. The van der Waals surface area contributed by atoms with Gasteiger partial charge in [0.15, 0.2) is 0 Å². The molecule has 1 aromatic carbocycles. The Kier molecular flexibility index (Phi) is 5.88. The first-order valence-electron chi connectivity index (χ1n) is 8.83. The number of amides is 1. The maximum Gasteiger partial charge on any atom is 0.222 e. The number of methoxy groups -OCH3 is 1. The smallest absolute Gasteiger partial charge is 0.222 e. The predicted octanol–water partition coefficient (Wildman–Crippen LogP) is 2.76. The topological polar surface area (TPSA) is 45.7 Å². The molecular weight excluding hydrogens is 314 g/mol. The minimum Gasteiger partial charge on any atom is -0.497 e. The summed E-state index contributed by atoms with van der Waals surface area (Å²) in [6.45, 7) is 3.37. The predicted molar refractivity (Wildman–Crippen MR) is 99.0 cm³/mol. The Bertz CT molecular complexity index is 673. The molecule has 0 saturated carbocycles. The highest BCUT2D eigenvalue weighted by Crippen LogP contribution is 2.15. The number of carbonyl (C=O) groups is 1. The zero-order valence-corrected chi connectivity index (χ0v) is 14.7. The summed E-state index contributed by atoms with van der Waals surface area (Å²) >= 11 is 0. The fourth-order valence-corrected chi connectivity index (χ4v) is 3.14. The third-order valence-corrected chi connectivity index (χ3v) is 4.61. The van der Waals surface area contributed by atoms with Crippen LogP contribution in [0.3, 0.4) is 0 Å². The van der Waals surface area contributed by atoms with E-state index in [-0.39, 0.29) is 5.91 Å². The molecule has 2 aromatic rings. The molecule has 1 aliphatic heterocycles. The number of aryl methyl sites for hydroxylation is 1. The second-order valence-corrected chi connectivity index (χ2v) is 6.26. The van der Waals surface area contributed by atoms with Crippen molar-refractivity contribution in [3.8, 4) is 5.75 Å². The van der Waals surface area contributed by atoms with Crippen molar-refractivity contribution in [1.29, 1.82) is 0 Å². The summed E-state index contributed by atoms with van der Waals surface area (Å²) in [4.78, 5) is 21.2. The van der Waals surface area contributed by atoms with Crippen LogP contribution in [0.2, 0.25) is 0 Å². The van der Waals surface area contributed by atoms with Crippen LogP contribution in [0.1, 0.15) is 18.4 Å². The van der Waals surface area contributed by atoms with E-state index in [0.29, 0.717) is 6.42 Å². The number of ether oxygens (including phenoxy) is 1. The van der Waals surface area contributed by atoms with Crippen molar-refractivity contribution in [2.45, 2.75) is 19.3 Å². The summed E-state index contributed by atoms with van der Waals surface area (Å²) in [5.41, 5.74) is 1.17. The molecule has 0 N–H and O–H groups in total. The first-order valence-corrected chi connectivity index (χ1v) is 8.83. The molecule has 0 aliphatic carbocycles. The molecule has 2 heterocycles. The van der Waals surface area contributed by atoms with E-state index in [1.807, 2.05) is 53.6 Å². The SMILES string of the molecule is COc1ccc(CCC(=O)N2CCCN(c3ccccn3)CC2)cc1. The Morgan fingerprint density at radius 2 is 1.92 bits per heavy atom. The highest BCUT2D eigenvalue weighted by Gasteiger charge is 2.19. The van der Waals surface area contributed by atoms with Gasteiger partial charge in [-0.15, -0.1) is 0 Å². The van der Waals surface area contributed by atoms with Gasteiger partial charge in [0.05, 0.1) is 7.11 Å². The summed E-state index contributed by atoms with van der Waals surface area (Å²) in [5, 5.41) is 0. The minimum atomic E-state index is 0.235. The van der Waals surface area contributed by atoms with Gasteiger partial charge in [0.1, 0.15) is 11.6 Å². The number of carbonyl (C=O) groups excluding carboxylic acids is 1. The van der Waals surface area contributed by atoms with Gasteiger partial charge in [-0.25, -0.2) is 4.98 Å². The zero-order valence-electron chi connectivity index (χ0n) is 14.7. The normalized spacial score (nSPS) is 14.9. The summed E-state index contributed by atoms with van der Waals surface area (Å²) < 4.78 is 5.17. The molecule has 5 nitrogen and oxygen atoms in total. The highest BCUT2D eigenvalue weighted by atomic mass is 16.5. The van der Waals surface area contributed by atoms with Crippen LogP contribution in [0, 0.1) is 0 Å². The van der Waals surface area contributed by atoms with Gasteiger partial charge in [0.25, 0.3) is 0 Å². The van der Waals surface area contributed by atoms with Crippen molar-refractivity contribution in [2.24, 2.45) is 0 Å². The molecule has 0 bridgehead atoms. The van der Waals surface area contributed by atoms with Gasteiger partial charge in [-0.05, 0) is 42.7 Å². The number of anilines is 1. The second kappa shape index (κ2) is 8.51. The Balaban J connectivity index is 1.50. The minimum absolute atomic E-state index is 0.235. The van der Waals surface area contributed by atoms with Crippen molar-refractivity contribution in [1.82, 2.24) is 9.88 Å². The lowest BCUT2D eigenvalue weighted by molar-refractivity contribution is -0.130. The van der Waals surface area contributed by atoms with E-state index in [9.17, 15) is 4.79 Å². The first kappa shape index (κ1) is 17.3. The molecule has 1 fully saturated rings.